The number of anilines is 2. The number of aryl methyl sites for hydroxylation is 1. The summed E-state index contributed by atoms with van der Waals surface area (Å²) in [7, 11) is -3.84. The molecule has 0 aromatic heterocycles. The van der Waals surface area contributed by atoms with Gasteiger partial charge in [0.25, 0.3) is 0 Å². The van der Waals surface area contributed by atoms with Crippen LogP contribution in [0.1, 0.15) is 12.5 Å². The number of sulfonamides is 1. The molecule has 0 saturated heterocycles. The highest BCUT2D eigenvalue weighted by Crippen LogP contribution is 2.18. The van der Waals surface area contributed by atoms with E-state index in [-0.39, 0.29) is 22.5 Å². The van der Waals surface area contributed by atoms with Crippen molar-refractivity contribution in [1.82, 2.24) is 0 Å². The molecule has 1 atom stereocenters. The Morgan fingerprint density at radius 1 is 1.07 bits per heavy atom. The first-order chi connectivity index (χ1) is 12.6. The monoisotopic (exact) mass is 407 g/mol. The van der Waals surface area contributed by atoms with E-state index in [9.17, 15) is 18.0 Å². The summed E-state index contributed by atoms with van der Waals surface area (Å²) in [5.74, 6) is -0.436. The predicted molar refractivity (Wildman–Crippen MR) is 108 cm³/mol. The number of hydrogen-bond donors (Lipinski definition) is 3. The highest BCUT2D eigenvalue weighted by atomic mass is 32.2. The Morgan fingerprint density at radius 2 is 1.74 bits per heavy atom. The van der Waals surface area contributed by atoms with Gasteiger partial charge in [0, 0.05) is 11.4 Å². The van der Waals surface area contributed by atoms with E-state index in [0.717, 1.165) is 5.56 Å². The summed E-state index contributed by atoms with van der Waals surface area (Å²) in [6.45, 7) is 3.63. The summed E-state index contributed by atoms with van der Waals surface area (Å²) >= 11 is 1.18. The van der Waals surface area contributed by atoms with Crippen molar-refractivity contribution in [3.8, 4) is 0 Å². The van der Waals surface area contributed by atoms with Gasteiger partial charge >= 0.3 is 0 Å². The molecular weight excluding hydrogens is 386 g/mol. The zero-order chi connectivity index (χ0) is 20.0. The fourth-order valence-electron chi connectivity index (χ4n) is 2.11. The Morgan fingerprint density at radius 3 is 2.37 bits per heavy atom. The summed E-state index contributed by atoms with van der Waals surface area (Å²) in [5.41, 5.74) is 2.12. The molecule has 2 aromatic rings. The number of rotatable bonds is 7. The third-order valence-electron chi connectivity index (χ3n) is 3.60. The van der Waals surface area contributed by atoms with E-state index in [0.29, 0.717) is 11.4 Å². The summed E-state index contributed by atoms with van der Waals surface area (Å²) in [4.78, 5) is 24.1. The van der Waals surface area contributed by atoms with E-state index in [4.69, 9.17) is 5.14 Å². The van der Waals surface area contributed by atoms with Gasteiger partial charge in [0.1, 0.15) is 0 Å². The summed E-state index contributed by atoms with van der Waals surface area (Å²) < 4.78 is 22.7. The lowest BCUT2D eigenvalue weighted by atomic mass is 10.2. The molecule has 7 nitrogen and oxygen atoms in total. The van der Waals surface area contributed by atoms with Gasteiger partial charge in [0.05, 0.1) is 15.9 Å². The van der Waals surface area contributed by atoms with Crippen molar-refractivity contribution in [2.45, 2.75) is 24.0 Å². The van der Waals surface area contributed by atoms with Gasteiger partial charge in [-0.05, 0) is 44.2 Å². The molecule has 0 saturated carbocycles. The summed E-state index contributed by atoms with van der Waals surface area (Å²) in [6.07, 6.45) is 0. The maximum Gasteiger partial charge on any atom is 0.238 e. The van der Waals surface area contributed by atoms with Crippen LogP contribution in [0.25, 0.3) is 0 Å². The molecule has 0 bridgehead atoms. The second-order valence-electron chi connectivity index (χ2n) is 5.93. The first-order valence-electron chi connectivity index (χ1n) is 8.07. The molecule has 0 spiro atoms. The third kappa shape index (κ3) is 6.70. The average molecular weight is 408 g/mol. The number of hydrogen-bond acceptors (Lipinski definition) is 5. The van der Waals surface area contributed by atoms with Crippen LogP contribution in [0.3, 0.4) is 0 Å². The van der Waals surface area contributed by atoms with Crippen molar-refractivity contribution in [1.29, 1.82) is 0 Å². The minimum atomic E-state index is -3.84. The van der Waals surface area contributed by atoms with Gasteiger partial charge in [-0.3, -0.25) is 9.59 Å². The normalized spacial score (nSPS) is 12.3. The highest BCUT2D eigenvalue weighted by Gasteiger charge is 2.16. The van der Waals surface area contributed by atoms with Gasteiger partial charge in [-0.25, -0.2) is 13.6 Å². The van der Waals surface area contributed by atoms with Crippen molar-refractivity contribution in [2.75, 3.05) is 16.4 Å². The quantitative estimate of drug-likeness (QED) is 0.651. The number of primary sulfonamides is 1. The van der Waals surface area contributed by atoms with Crippen molar-refractivity contribution in [3.63, 3.8) is 0 Å². The number of thioether (sulfide) groups is 1. The average Bonchev–Trinajstić information content (AvgIpc) is 2.61. The summed E-state index contributed by atoms with van der Waals surface area (Å²) in [6, 6.07) is 13.1. The van der Waals surface area contributed by atoms with Crippen LogP contribution in [0, 0.1) is 6.92 Å². The SMILES string of the molecule is Cc1ccc(NC(=O)CS[C@H](C)C(=O)Nc2cccc(S(N)(=O)=O)c2)cc1. The van der Waals surface area contributed by atoms with E-state index in [1.165, 1.54) is 30.0 Å². The van der Waals surface area contributed by atoms with E-state index in [1.54, 1.807) is 13.0 Å². The molecule has 0 aliphatic carbocycles. The standard InChI is InChI=1S/C18H21N3O4S2/c1-12-6-8-14(9-7-12)20-17(22)11-26-13(2)18(23)21-15-4-3-5-16(10-15)27(19,24)25/h3-10,13H,11H2,1-2H3,(H,20,22)(H,21,23)(H2,19,24,25)/t13-/m1/s1. The van der Waals surface area contributed by atoms with Crippen molar-refractivity contribution >= 4 is 45.0 Å². The van der Waals surface area contributed by atoms with E-state index in [2.05, 4.69) is 10.6 Å². The minimum Gasteiger partial charge on any atom is -0.325 e. The highest BCUT2D eigenvalue weighted by molar-refractivity contribution is 8.01. The maximum atomic E-state index is 12.2. The van der Waals surface area contributed by atoms with Crippen LogP contribution in [0.15, 0.2) is 53.4 Å². The molecule has 0 radical (unpaired) electrons. The molecular formula is C18H21N3O4S2. The van der Waals surface area contributed by atoms with Gasteiger partial charge in [0.15, 0.2) is 0 Å². The zero-order valence-electron chi connectivity index (χ0n) is 14.9. The second kappa shape index (κ2) is 9.03. The lowest BCUT2D eigenvalue weighted by Gasteiger charge is -2.12. The molecule has 2 aromatic carbocycles. The van der Waals surface area contributed by atoms with Crippen molar-refractivity contribution in [2.24, 2.45) is 5.14 Å². The number of nitrogens with two attached hydrogens (primary N) is 1. The van der Waals surface area contributed by atoms with Crippen LogP contribution in [0.5, 0.6) is 0 Å². The maximum absolute atomic E-state index is 12.2. The molecule has 144 valence electrons. The first-order valence-corrected chi connectivity index (χ1v) is 10.7. The largest absolute Gasteiger partial charge is 0.325 e. The number of carbonyl (C=O) groups excluding carboxylic acids is 2. The Labute approximate surface area is 162 Å². The Balaban J connectivity index is 1.86. The molecule has 2 rings (SSSR count). The van der Waals surface area contributed by atoms with Crippen LogP contribution < -0.4 is 15.8 Å². The van der Waals surface area contributed by atoms with Crippen LogP contribution in [-0.4, -0.2) is 31.2 Å². The van der Waals surface area contributed by atoms with Gasteiger partial charge in [-0.2, -0.15) is 0 Å². The predicted octanol–water partition coefficient (Wildman–Crippen LogP) is 2.34. The Kier molecular flexibility index (Phi) is 7.00. The minimum absolute atomic E-state index is 0.0851. The molecule has 9 heteroatoms. The third-order valence-corrected chi connectivity index (χ3v) is 5.65. The van der Waals surface area contributed by atoms with Crippen LogP contribution in [0.4, 0.5) is 11.4 Å². The van der Waals surface area contributed by atoms with Crippen LogP contribution >= 0.6 is 11.8 Å². The van der Waals surface area contributed by atoms with Crippen LogP contribution in [0.2, 0.25) is 0 Å². The van der Waals surface area contributed by atoms with Crippen molar-refractivity contribution in [3.05, 3.63) is 54.1 Å². The van der Waals surface area contributed by atoms with Gasteiger partial charge in [0.2, 0.25) is 21.8 Å². The van der Waals surface area contributed by atoms with Gasteiger partial charge < -0.3 is 10.6 Å². The molecule has 0 heterocycles. The molecule has 27 heavy (non-hydrogen) atoms. The fraction of sp³-hybridized carbons (Fsp3) is 0.222. The smallest absolute Gasteiger partial charge is 0.238 e. The van der Waals surface area contributed by atoms with Crippen LogP contribution in [-0.2, 0) is 19.6 Å². The molecule has 0 aliphatic rings. The van der Waals surface area contributed by atoms with Gasteiger partial charge in [-0.1, -0.05) is 23.8 Å². The molecule has 0 unspecified atom stereocenters. The van der Waals surface area contributed by atoms with E-state index in [1.807, 2.05) is 31.2 Å². The topological polar surface area (TPSA) is 118 Å². The fourth-order valence-corrected chi connectivity index (χ4v) is 3.35. The van der Waals surface area contributed by atoms with E-state index >= 15 is 0 Å². The molecule has 2 amide bonds. The van der Waals surface area contributed by atoms with Gasteiger partial charge in [-0.15, -0.1) is 11.8 Å². The lowest BCUT2D eigenvalue weighted by Crippen LogP contribution is -2.25. The summed E-state index contributed by atoms with van der Waals surface area (Å²) in [5, 5.41) is 9.96. The number of benzene rings is 2. The zero-order valence-corrected chi connectivity index (χ0v) is 16.6. The number of amides is 2. The number of carbonyl (C=O) groups is 2. The lowest BCUT2D eigenvalue weighted by molar-refractivity contribution is -0.115. The molecule has 0 fully saturated rings. The van der Waals surface area contributed by atoms with E-state index < -0.39 is 15.3 Å². The second-order valence-corrected chi connectivity index (χ2v) is 8.82. The molecule has 4 N–H and O–H groups in total. The Bertz CT molecular complexity index is 928. The van der Waals surface area contributed by atoms with Crippen molar-refractivity contribution < 1.29 is 18.0 Å². The Hall–Kier alpha value is -2.36. The molecule has 0 aliphatic heterocycles. The first kappa shape index (κ1) is 20.9. The number of nitrogens with one attached hydrogen (secondary N) is 2.